The van der Waals surface area contributed by atoms with Crippen molar-refractivity contribution in [2.75, 3.05) is 6.54 Å². The fraction of sp³-hybridized carbons (Fsp3) is 0.600. The summed E-state index contributed by atoms with van der Waals surface area (Å²) in [6.07, 6.45) is 5.93. The van der Waals surface area contributed by atoms with E-state index in [2.05, 4.69) is 24.3 Å². The maximum atomic E-state index is 6.36. The summed E-state index contributed by atoms with van der Waals surface area (Å²) in [5.74, 6) is 1.60. The lowest BCUT2D eigenvalue weighted by Crippen LogP contribution is -2.53. The van der Waals surface area contributed by atoms with Crippen molar-refractivity contribution >= 4 is 0 Å². The molecule has 3 atom stereocenters. The van der Waals surface area contributed by atoms with E-state index >= 15 is 0 Å². The molecule has 2 aliphatic carbocycles. The standard InChI is InChI=1S/C15H22N2/c16-10-15(17)6-5-13-7-11-3-1-2-4-12(11)8-14(13)9-15/h1-4,13-14H,5-10,16-17H2/t13-,14+,15?/m0/s1. The minimum absolute atomic E-state index is 0.0898. The van der Waals surface area contributed by atoms with Crippen LogP contribution in [-0.4, -0.2) is 12.1 Å². The molecule has 0 bridgehead atoms. The third kappa shape index (κ3) is 2.00. The molecule has 92 valence electrons. The van der Waals surface area contributed by atoms with E-state index in [1.165, 1.54) is 24.8 Å². The van der Waals surface area contributed by atoms with Gasteiger partial charge in [0.15, 0.2) is 0 Å². The first-order valence-corrected chi connectivity index (χ1v) is 6.76. The highest BCUT2D eigenvalue weighted by Gasteiger charge is 2.39. The van der Waals surface area contributed by atoms with Crippen molar-refractivity contribution in [1.29, 1.82) is 0 Å². The second kappa shape index (κ2) is 4.11. The van der Waals surface area contributed by atoms with Crippen LogP contribution >= 0.6 is 0 Å². The van der Waals surface area contributed by atoms with Gasteiger partial charge in [0.1, 0.15) is 0 Å². The first-order valence-electron chi connectivity index (χ1n) is 6.76. The maximum absolute atomic E-state index is 6.36. The zero-order valence-corrected chi connectivity index (χ0v) is 10.4. The summed E-state index contributed by atoms with van der Waals surface area (Å²) < 4.78 is 0. The highest BCUT2D eigenvalue weighted by atomic mass is 14.8. The fourth-order valence-electron chi connectivity index (χ4n) is 3.71. The van der Waals surface area contributed by atoms with Crippen molar-refractivity contribution in [3.05, 3.63) is 35.4 Å². The van der Waals surface area contributed by atoms with Crippen LogP contribution in [-0.2, 0) is 12.8 Å². The van der Waals surface area contributed by atoms with E-state index < -0.39 is 0 Å². The molecule has 3 rings (SSSR count). The molecule has 1 fully saturated rings. The topological polar surface area (TPSA) is 52.0 Å². The molecule has 0 aliphatic heterocycles. The zero-order valence-electron chi connectivity index (χ0n) is 10.4. The summed E-state index contributed by atoms with van der Waals surface area (Å²) in [5.41, 5.74) is 15.2. The van der Waals surface area contributed by atoms with Crippen LogP contribution in [0.5, 0.6) is 0 Å². The zero-order chi connectivity index (χ0) is 11.9. The third-order valence-corrected chi connectivity index (χ3v) is 4.84. The van der Waals surface area contributed by atoms with Crippen LogP contribution in [0.15, 0.2) is 24.3 Å². The third-order valence-electron chi connectivity index (χ3n) is 4.84. The van der Waals surface area contributed by atoms with Crippen molar-refractivity contribution in [3.63, 3.8) is 0 Å². The number of fused-ring (bicyclic) bond motifs is 2. The maximum Gasteiger partial charge on any atom is 0.0281 e. The SMILES string of the molecule is NCC1(N)CC[C@H]2Cc3ccccc3C[C@@H]2C1. The Bertz CT molecular complexity index is 415. The number of hydrogen-bond acceptors (Lipinski definition) is 2. The van der Waals surface area contributed by atoms with Crippen LogP contribution in [0, 0.1) is 11.8 Å². The summed E-state index contributed by atoms with van der Waals surface area (Å²) in [5, 5.41) is 0. The number of hydrogen-bond donors (Lipinski definition) is 2. The molecule has 1 aromatic carbocycles. The van der Waals surface area contributed by atoms with Crippen LogP contribution in [0.3, 0.4) is 0 Å². The van der Waals surface area contributed by atoms with Gasteiger partial charge in [0.2, 0.25) is 0 Å². The summed E-state index contributed by atoms with van der Waals surface area (Å²) in [4.78, 5) is 0. The molecule has 0 amide bonds. The second-order valence-electron chi connectivity index (χ2n) is 6.01. The molecule has 1 unspecified atom stereocenters. The summed E-state index contributed by atoms with van der Waals surface area (Å²) in [6, 6.07) is 8.88. The molecule has 0 spiro atoms. The molecule has 1 saturated carbocycles. The van der Waals surface area contributed by atoms with E-state index in [4.69, 9.17) is 11.5 Å². The predicted molar refractivity (Wildman–Crippen MR) is 70.7 cm³/mol. The lowest BCUT2D eigenvalue weighted by atomic mass is 9.64. The molecular formula is C15H22N2. The highest BCUT2D eigenvalue weighted by molar-refractivity contribution is 5.31. The average molecular weight is 230 g/mol. The predicted octanol–water partition coefficient (Wildman–Crippen LogP) is 1.86. The minimum Gasteiger partial charge on any atom is -0.329 e. The van der Waals surface area contributed by atoms with Crippen LogP contribution in [0.4, 0.5) is 0 Å². The van der Waals surface area contributed by atoms with Gasteiger partial charge in [-0.15, -0.1) is 0 Å². The van der Waals surface area contributed by atoms with Gasteiger partial charge in [-0.3, -0.25) is 0 Å². The minimum atomic E-state index is -0.0898. The average Bonchev–Trinajstić information content (AvgIpc) is 2.36. The van der Waals surface area contributed by atoms with Gasteiger partial charge < -0.3 is 11.5 Å². The van der Waals surface area contributed by atoms with Gasteiger partial charge in [0.25, 0.3) is 0 Å². The molecule has 1 aromatic rings. The summed E-state index contributed by atoms with van der Waals surface area (Å²) >= 11 is 0. The van der Waals surface area contributed by atoms with Crippen molar-refractivity contribution < 1.29 is 0 Å². The van der Waals surface area contributed by atoms with Crippen molar-refractivity contribution in [1.82, 2.24) is 0 Å². The summed E-state index contributed by atoms with van der Waals surface area (Å²) in [7, 11) is 0. The van der Waals surface area contributed by atoms with Crippen LogP contribution < -0.4 is 11.5 Å². The smallest absolute Gasteiger partial charge is 0.0281 e. The van der Waals surface area contributed by atoms with Crippen LogP contribution in [0.25, 0.3) is 0 Å². The van der Waals surface area contributed by atoms with E-state index in [0.717, 1.165) is 24.7 Å². The van der Waals surface area contributed by atoms with E-state index in [-0.39, 0.29) is 5.54 Å². The Morgan fingerprint density at radius 2 is 1.76 bits per heavy atom. The van der Waals surface area contributed by atoms with Gasteiger partial charge in [-0.2, -0.15) is 0 Å². The molecular weight excluding hydrogens is 208 g/mol. The Morgan fingerprint density at radius 1 is 1.12 bits per heavy atom. The van der Waals surface area contributed by atoms with Crippen molar-refractivity contribution in [2.45, 2.75) is 37.6 Å². The molecule has 0 aromatic heterocycles. The van der Waals surface area contributed by atoms with Crippen molar-refractivity contribution in [3.8, 4) is 0 Å². The van der Waals surface area contributed by atoms with Gasteiger partial charge in [-0.1, -0.05) is 24.3 Å². The Morgan fingerprint density at radius 3 is 2.41 bits per heavy atom. The van der Waals surface area contributed by atoms with E-state index in [9.17, 15) is 0 Å². The molecule has 2 heteroatoms. The van der Waals surface area contributed by atoms with E-state index in [1.54, 1.807) is 5.56 Å². The van der Waals surface area contributed by atoms with Gasteiger partial charge in [-0.05, 0) is 55.1 Å². The number of rotatable bonds is 1. The number of benzene rings is 1. The molecule has 17 heavy (non-hydrogen) atoms. The van der Waals surface area contributed by atoms with Gasteiger partial charge >= 0.3 is 0 Å². The monoisotopic (exact) mass is 230 g/mol. The molecule has 0 heterocycles. The number of nitrogens with two attached hydrogens (primary N) is 2. The quantitative estimate of drug-likeness (QED) is 0.773. The largest absolute Gasteiger partial charge is 0.329 e. The molecule has 0 radical (unpaired) electrons. The molecule has 4 N–H and O–H groups in total. The summed E-state index contributed by atoms with van der Waals surface area (Å²) in [6.45, 7) is 0.637. The molecule has 0 saturated heterocycles. The van der Waals surface area contributed by atoms with Gasteiger partial charge in [0.05, 0.1) is 0 Å². The van der Waals surface area contributed by atoms with Crippen molar-refractivity contribution in [2.24, 2.45) is 23.3 Å². The van der Waals surface area contributed by atoms with Crippen LogP contribution in [0.2, 0.25) is 0 Å². The lowest BCUT2D eigenvalue weighted by molar-refractivity contribution is 0.146. The highest BCUT2D eigenvalue weighted by Crippen LogP contribution is 2.42. The molecule has 2 aliphatic rings. The Kier molecular flexibility index (Phi) is 2.72. The Balaban J connectivity index is 1.83. The normalized spacial score (nSPS) is 36.1. The van der Waals surface area contributed by atoms with E-state index in [1.807, 2.05) is 0 Å². The first-order chi connectivity index (χ1) is 8.20. The second-order valence-corrected chi connectivity index (χ2v) is 6.01. The lowest BCUT2D eigenvalue weighted by Gasteiger charge is -2.44. The van der Waals surface area contributed by atoms with Gasteiger partial charge in [0, 0.05) is 12.1 Å². The fourth-order valence-corrected chi connectivity index (χ4v) is 3.71. The van der Waals surface area contributed by atoms with Crippen LogP contribution in [0.1, 0.15) is 30.4 Å². The van der Waals surface area contributed by atoms with E-state index in [0.29, 0.717) is 6.54 Å². The Hall–Kier alpha value is -0.860. The Labute approximate surface area is 103 Å². The first kappa shape index (κ1) is 11.2. The molecule has 2 nitrogen and oxygen atoms in total. The van der Waals surface area contributed by atoms with Gasteiger partial charge in [-0.25, -0.2) is 0 Å².